The van der Waals surface area contributed by atoms with Gasteiger partial charge in [-0.1, -0.05) is 40.2 Å². The number of ether oxygens (including phenoxy) is 1. The second-order valence-electron chi connectivity index (χ2n) is 13.7. The van der Waals surface area contributed by atoms with Crippen LogP contribution in [-0.2, 0) is 11.2 Å². The molecule has 0 saturated heterocycles. The van der Waals surface area contributed by atoms with E-state index in [0.717, 1.165) is 61.2 Å². The highest BCUT2D eigenvalue weighted by molar-refractivity contribution is 7.09. The van der Waals surface area contributed by atoms with Gasteiger partial charge in [-0.3, -0.25) is 0 Å². The molecular weight excluding hydrogens is 478 g/mol. The molecule has 0 spiro atoms. The number of hydrogen-bond acceptors (Lipinski definition) is 4. The molecule has 0 aromatic carbocycles. The molecule has 0 radical (unpaired) electrons. The Kier molecular flexibility index (Phi) is 8.32. The minimum absolute atomic E-state index is 0.0699. The third kappa shape index (κ3) is 5.25. The summed E-state index contributed by atoms with van der Waals surface area (Å²) in [5, 5.41) is 15.5. The lowest BCUT2D eigenvalue weighted by molar-refractivity contribution is -0.152. The minimum atomic E-state index is -0.270. The highest BCUT2D eigenvalue weighted by Gasteiger charge is 2.62. The number of fused-ring (bicyclic) bond motifs is 5. The Morgan fingerprint density at radius 3 is 2.68 bits per heavy atom. The Morgan fingerprint density at radius 1 is 1.14 bits per heavy atom. The van der Waals surface area contributed by atoms with Crippen molar-refractivity contribution in [2.24, 2.45) is 52.3 Å². The fourth-order valence-corrected chi connectivity index (χ4v) is 11.0. The topological polar surface area (TPSA) is 58.6 Å². The first-order valence-corrected chi connectivity index (χ1v) is 16.2. The lowest BCUT2D eigenvalue weighted by Crippen LogP contribution is -2.56. The van der Waals surface area contributed by atoms with Crippen molar-refractivity contribution in [2.45, 2.75) is 104 Å². The van der Waals surface area contributed by atoms with E-state index < -0.39 is 0 Å². The zero-order valence-electron chi connectivity index (χ0n) is 23.7. The largest absolute Gasteiger partial charge is 0.450 e. The number of thiophene rings is 1. The van der Waals surface area contributed by atoms with Gasteiger partial charge in [0.25, 0.3) is 0 Å². The summed E-state index contributed by atoms with van der Waals surface area (Å²) in [5.41, 5.74) is 0.859. The first kappa shape index (κ1) is 27.5. The molecule has 1 heterocycles. The minimum Gasteiger partial charge on any atom is -0.450 e. The second-order valence-corrected chi connectivity index (χ2v) is 14.7. The summed E-state index contributed by atoms with van der Waals surface area (Å²) in [7, 11) is 0. The number of alkyl carbamates (subject to hydrolysis) is 1. The first-order chi connectivity index (χ1) is 17.8. The van der Waals surface area contributed by atoms with Gasteiger partial charge in [0.2, 0.25) is 0 Å². The molecule has 0 aliphatic heterocycles. The summed E-state index contributed by atoms with van der Waals surface area (Å²) in [5.74, 6) is 5.39. The van der Waals surface area contributed by atoms with E-state index >= 15 is 0 Å². The summed E-state index contributed by atoms with van der Waals surface area (Å²) < 4.78 is 5.59. The molecular formula is C32H51NO3S. The molecule has 1 aromatic rings. The quantitative estimate of drug-likeness (QED) is 0.363. The van der Waals surface area contributed by atoms with Crippen LogP contribution < -0.4 is 5.32 Å². The summed E-state index contributed by atoms with van der Waals surface area (Å²) in [6.07, 6.45) is 12.9. The smallest absolute Gasteiger partial charge is 0.407 e. The molecule has 4 fully saturated rings. The van der Waals surface area contributed by atoms with E-state index in [1.165, 1.54) is 49.8 Å². The second kappa shape index (κ2) is 11.2. The monoisotopic (exact) mass is 529 g/mol. The van der Waals surface area contributed by atoms with Crippen LogP contribution in [0, 0.1) is 52.3 Å². The van der Waals surface area contributed by atoms with Crippen molar-refractivity contribution in [2.75, 3.05) is 13.2 Å². The van der Waals surface area contributed by atoms with Gasteiger partial charge in [-0.25, -0.2) is 4.79 Å². The maximum atomic E-state index is 12.2. The van der Waals surface area contributed by atoms with Crippen LogP contribution in [0.5, 0.6) is 0 Å². The van der Waals surface area contributed by atoms with Gasteiger partial charge in [0.05, 0.1) is 12.7 Å². The van der Waals surface area contributed by atoms with E-state index in [9.17, 15) is 9.90 Å². The standard InChI is InChI=1S/C32H51NO3S/c1-5-22-19-25-27-9-8-26(21(2)13-17-36-30(35)33-16-12-24-7-6-18-37-24)31(27,3)15-11-28(25)32(4)14-10-23(34)20-29(22)32/h6-7,18,21-23,25-29,34H,5,8-17,19-20H2,1-4H3,(H,33,35)/t21-,22+,23-,25+,26-,27+,28?,29+,31-,32-/m1/s1. The first-order valence-electron chi connectivity index (χ1n) is 15.4. The maximum absolute atomic E-state index is 12.2. The Morgan fingerprint density at radius 2 is 1.92 bits per heavy atom. The molecule has 2 N–H and O–H groups in total. The highest BCUT2D eigenvalue weighted by atomic mass is 32.1. The van der Waals surface area contributed by atoms with E-state index in [1.807, 2.05) is 0 Å². The van der Waals surface area contributed by atoms with Crippen molar-refractivity contribution < 1.29 is 14.6 Å². The third-order valence-electron chi connectivity index (χ3n) is 12.1. The number of carbonyl (C=O) groups excluding carboxylic acids is 1. The van der Waals surface area contributed by atoms with Crippen molar-refractivity contribution in [3.05, 3.63) is 22.4 Å². The maximum Gasteiger partial charge on any atom is 0.407 e. The molecule has 4 aliphatic rings. The molecule has 0 bridgehead atoms. The van der Waals surface area contributed by atoms with Crippen LogP contribution in [-0.4, -0.2) is 30.5 Å². The fourth-order valence-electron chi connectivity index (χ4n) is 10.2. The molecule has 1 amide bonds. The van der Waals surface area contributed by atoms with Crippen LogP contribution in [0.2, 0.25) is 0 Å². The van der Waals surface area contributed by atoms with E-state index in [4.69, 9.17) is 4.74 Å². The van der Waals surface area contributed by atoms with E-state index in [-0.39, 0.29) is 12.2 Å². The fraction of sp³-hybridized carbons (Fsp3) is 0.844. The Labute approximate surface area is 229 Å². The summed E-state index contributed by atoms with van der Waals surface area (Å²) in [6.45, 7) is 11.2. The molecule has 208 valence electrons. The molecule has 1 aromatic heterocycles. The van der Waals surface area contributed by atoms with Gasteiger partial charge in [0.1, 0.15) is 0 Å². The van der Waals surface area contributed by atoms with Crippen LogP contribution in [0.1, 0.15) is 96.8 Å². The number of aliphatic hydroxyl groups is 1. The number of amides is 1. The van der Waals surface area contributed by atoms with Crippen LogP contribution in [0.15, 0.2) is 17.5 Å². The number of hydrogen-bond donors (Lipinski definition) is 2. The van der Waals surface area contributed by atoms with Gasteiger partial charge in [0, 0.05) is 11.4 Å². The van der Waals surface area contributed by atoms with Gasteiger partial charge in [-0.05, 0) is 128 Å². The molecule has 37 heavy (non-hydrogen) atoms. The Bertz CT molecular complexity index is 904. The SMILES string of the molecule is CC[C@H]1C[C@@H]2C(CC[C@]3(C)[C@@H]([C@H](C)CCOC(=O)NCCc4cccs4)CC[C@@H]23)[C@@]2(C)CC[C@@H](O)C[C@@H]12. The van der Waals surface area contributed by atoms with Gasteiger partial charge in [-0.2, -0.15) is 0 Å². The summed E-state index contributed by atoms with van der Waals surface area (Å²) in [6, 6.07) is 4.16. The number of aliphatic hydroxyl groups excluding tert-OH is 1. The average molecular weight is 530 g/mol. The summed E-state index contributed by atoms with van der Waals surface area (Å²) >= 11 is 1.73. The number of nitrogens with one attached hydrogen (secondary N) is 1. The van der Waals surface area contributed by atoms with E-state index in [1.54, 1.807) is 11.3 Å². The molecule has 4 nitrogen and oxygen atoms in total. The van der Waals surface area contributed by atoms with Crippen molar-refractivity contribution in [3.8, 4) is 0 Å². The molecule has 10 atom stereocenters. The van der Waals surface area contributed by atoms with E-state index in [0.29, 0.717) is 29.9 Å². The lowest BCUT2D eigenvalue weighted by Gasteiger charge is -2.63. The summed E-state index contributed by atoms with van der Waals surface area (Å²) in [4.78, 5) is 13.5. The van der Waals surface area contributed by atoms with Gasteiger partial charge in [-0.15, -0.1) is 11.3 Å². The molecule has 5 rings (SSSR count). The third-order valence-corrected chi connectivity index (χ3v) is 13.1. The molecule has 5 heteroatoms. The Hall–Kier alpha value is -1.07. The van der Waals surface area contributed by atoms with E-state index in [2.05, 4.69) is 50.5 Å². The van der Waals surface area contributed by atoms with Crippen LogP contribution in [0.25, 0.3) is 0 Å². The van der Waals surface area contributed by atoms with Crippen LogP contribution in [0.3, 0.4) is 0 Å². The zero-order chi connectivity index (χ0) is 26.2. The zero-order valence-corrected chi connectivity index (χ0v) is 24.5. The normalized spacial score (nSPS) is 41.8. The number of rotatable bonds is 8. The van der Waals surface area contributed by atoms with Gasteiger partial charge < -0.3 is 15.2 Å². The average Bonchev–Trinajstić information content (AvgIpc) is 3.51. The van der Waals surface area contributed by atoms with Gasteiger partial charge in [0.15, 0.2) is 0 Å². The van der Waals surface area contributed by atoms with Crippen molar-refractivity contribution >= 4 is 17.4 Å². The highest BCUT2D eigenvalue weighted by Crippen LogP contribution is 2.69. The lowest BCUT2D eigenvalue weighted by atomic mass is 9.42. The Balaban J connectivity index is 1.16. The predicted molar refractivity (Wildman–Crippen MR) is 152 cm³/mol. The van der Waals surface area contributed by atoms with Crippen molar-refractivity contribution in [1.82, 2.24) is 5.32 Å². The van der Waals surface area contributed by atoms with Crippen molar-refractivity contribution in [1.29, 1.82) is 0 Å². The molecule has 4 aliphatic carbocycles. The molecule has 1 unspecified atom stereocenters. The predicted octanol–water partition coefficient (Wildman–Crippen LogP) is 7.70. The van der Waals surface area contributed by atoms with Crippen LogP contribution >= 0.6 is 11.3 Å². The molecule has 4 saturated carbocycles. The van der Waals surface area contributed by atoms with Crippen molar-refractivity contribution in [3.63, 3.8) is 0 Å². The van der Waals surface area contributed by atoms with Crippen LogP contribution in [0.4, 0.5) is 4.79 Å². The number of carbonyl (C=O) groups is 1. The van der Waals surface area contributed by atoms with Gasteiger partial charge >= 0.3 is 6.09 Å².